The third kappa shape index (κ3) is 2.96. The Bertz CT molecular complexity index is 539. The highest BCUT2D eigenvalue weighted by Gasteiger charge is 2.33. The van der Waals surface area contributed by atoms with Crippen molar-refractivity contribution in [2.45, 2.75) is 50.5 Å². The number of sulfonamides is 1. The zero-order valence-corrected chi connectivity index (χ0v) is 13.0. The van der Waals surface area contributed by atoms with E-state index < -0.39 is 10.0 Å². The molecule has 1 aliphatic carbocycles. The number of aromatic nitrogens is 1. The van der Waals surface area contributed by atoms with Crippen molar-refractivity contribution in [3.8, 4) is 0 Å². The molecule has 1 N–H and O–H groups in total. The highest BCUT2D eigenvalue weighted by atomic mass is 32.2. The smallest absolute Gasteiger partial charge is 0.246 e. The van der Waals surface area contributed by atoms with Crippen LogP contribution in [-0.2, 0) is 10.0 Å². The van der Waals surface area contributed by atoms with Crippen molar-refractivity contribution in [1.82, 2.24) is 9.29 Å². The van der Waals surface area contributed by atoms with Crippen molar-refractivity contribution < 1.29 is 8.42 Å². The predicted molar refractivity (Wildman–Crippen MR) is 80.2 cm³/mol. The number of hydrogen-bond acceptors (Lipinski definition) is 4. The number of nitrogens with one attached hydrogen (secondary N) is 1. The van der Waals surface area contributed by atoms with Gasteiger partial charge in [-0.25, -0.2) is 8.42 Å². The van der Waals surface area contributed by atoms with Gasteiger partial charge in [-0.05, 0) is 25.8 Å². The first-order valence-corrected chi connectivity index (χ1v) is 8.75. The summed E-state index contributed by atoms with van der Waals surface area (Å²) in [6.45, 7) is 5.04. The second kappa shape index (κ2) is 6.54. The lowest BCUT2D eigenvalue weighted by Crippen LogP contribution is -2.38. The van der Waals surface area contributed by atoms with E-state index in [2.05, 4.69) is 10.3 Å². The molecule has 20 heavy (non-hydrogen) atoms. The van der Waals surface area contributed by atoms with Gasteiger partial charge in [0.15, 0.2) is 0 Å². The summed E-state index contributed by atoms with van der Waals surface area (Å²) in [7, 11) is -3.48. The van der Waals surface area contributed by atoms with E-state index in [-0.39, 0.29) is 10.9 Å². The Kier molecular flexibility index (Phi) is 4.99. The molecule has 5 nitrogen and oxygen atoms in total. The lowest BCUT2D eigenvalue weighted by molar-refractivity contribution is 0.335. The molecule has 0 aromatic carbocycles. The van der Waals surface area contributed by atoms with E-state index in [0.29, 0.717) is 18.8 Å². The van der Waals surface area contributed by atoms with E-state index in [1.54, 1.807) is 16.6 Å². The summed E-state index contributed by atoms with van der Waals surface area (Å²) >= 11 is 0. The minimum atomic E-state index is -3.48. The Hall–Kier alpha value is -1.14. The van der Waals surface area contributed by atoms with Crippen molar-refractivity contribution in [1.29, 1.82) is 0 Å². The van der Waals surface area contributed by atoms with Crippen LogP contribution in [0.4, 0.5) is 5.69 Å². The van der Waals surface area contributed by atoms with E-state index in [1.807, 2.05) is 13.8 Å². The maximum Gasteiger partial charge on any atom is 0.246 e. The van der Waals surface area contributed by atoms with Gasteiger partial charge in [0.25, 0.3) is 0 Å². The summed E-state index contributed by atoms with van der Waals surface area (Å²) in [4.78, 5) is 4.28. The molecule has 0 atom stereocenters. The third-order valence-corrected chi connectivity index (χ3v) is 5.84. The van der Waals surface area contributed by atoms with E-state index in [0.717, 1.165) is 25.7 Å². The molecular formula is C14H23N3O2S. The normalized spacial score (nSPS) is 16.8. The molecule has 0 unspecified atom stereocenters. The van der Waals surface area contributed by atoms with E-state index in [9.17, 15) is 8.42 Å². The Morgan fingerprint density at radius 3 is 2.65 bits per heavy atom. The van der Waals surface area contributed by atoms with Crippen LogP contribution in [0.2, 0.25) is 0 Å². The predicted octanol–water partition coefficient (Wildman–Crippen LogP) is 2.47. The van der Waals surface area contributed by atoms with Crippen LogP contribution in [0, 0.1) is 0 Å². The topological polar surface area (TPSA) is 62.3 Å². The van der Waals surface area contributed by atoms with Gasteiger partial charge in [-0.3, -0.25) is 4.98 Å². The molecule has 1 aliphatic rings. The molecule has 0 aliphatic heterocycles. The first-order chi connectivity index (χ1) is 9.61. The zero-order valence-electron chi connectivity index (χ0n) is 12.2. The first-order valence-electron chi connectivity index (χ1n) is 7.31. The quantitative estimate of drug-likeness (QED) is 0.876. The zero-order chi connectivity index (χ0) is 14.6. The van der Waals surface area contributed by atoms with Gasteiger partial charge in [0, 0.05) is 31.5 Å². The van der Waals surface area contributed by atoms with Gasteiger partial charge >= 0.3 is 0 Å². The standard InChI is InChI=1S/C14H23N3O2S/c1-3-16-13-9-10-15-11-14(13)20(18,19)17(4-2)12-7-5-6-8-12/h9-12H,3-8H2,1-2H3,(H,15,16). The van der Waals surface area contributed by atoms with Gasteiger partial charge < -0.3 is 5.32 Å². The second-order valence-electron chi connectivity index (χ2n) is 5.05. The molecule has 1 aromatic heterocycles. The van der Waals surface area contributed by atoms with Gasteiger partial charge in [-0.2, -0.15) is 4.31 Å². The first kappa shape index (κ1) is 15.3. The van der Waals surface area contributed by atoms with Crippen LogP contribution in [0.25, 0.3) is 0 Å². The summed E-state index contributed by atoms with van der Waals surface area (Å²) in [5.41, 5.74) is 0.638. The summed E-state index contributed by atoms with van der Waals surface area (Å²) < 4.78 is 27.4. The van der Waals surface area contributed by atoms with Gasteiger partial charge in [-0.1, -0.05) is 19.8 Å². The summed E-state index contributed by atoms with van der Waals surface area (Å²) in [5.74, 6) is 0. The van der Waals surface area contributed by atoms with Crippen molar-refractivity contribution in [2.75, 3.05) is 18.4 Å². The summed E-state index contributed by atoms with van der Waals surface area (Å²) in [5, 5.41) is 3.11. The molecule has 1 saturated carbocycles. The molecule has 0 saturated heterocycles. The van der Waals surface area contributed by atoms with Crippen LogP contribution < -0.4 is 5.32 Å². The highest BCUT2D eigenvalue weighted by molar-refractivity contribution is 7.89. The average molecular weight is 297 g/mol. The van der Waals surface area contributed by atoms with Crippen LogP contribution in [-0.4, -0.2) is 36.8 Å². The van der Waals surface area contributed by atoms with Crippen LogP contribution in [0.15, 0.2) is 23.4 Å². The van der Waals surface area contributed by atoms with E-state index in [1.165, 1.54) is 6.20 Å². The molecule has 2 rings (SSSR count). The molecule has 1 heterocycles. The van der Waals surface area contributed by atoms with Crippen LogP contribution in [0.5, 0.6) is 0 Å². The van der Waals surface area contributed by atoms with E-state index in [4.69, 9.17) is 0 Å². The average Bonchev–Trinajstić information content (AvgIpc) is 2.94. The molecule has 112 valence electrons. The van der Waals surface area contributed by atoms with Gasteiger partial charge in [0.2, 0.25) is 10.0 Å². The van der Waals surface area contributed by atoms with Crippen molar-refractivity contribution in [3.63, 3.8) is 0 Å². The summed E-state index contributed by atoms with van der Waals surface area (Å²) in [6.07, 6.45) is 7.22. The van der Waals surface area contributed by atoms with Crippen molar-refractivity contribution in [2.24, 2.45) is 0 Å². The van der Waals surface area contributed by atoms with Gasteiger partial charge in [0.05, 0.1) is 5.69 Å². The summed E-state index contributed by atoms with van der Waals surface area (Å²) in [6, 6.07) is 1.86. The SMILES string of the molecule is CCNc1ccncc1S(=O)(=O)N(CC)C1CCCC1. The molecule has 0 radical (unpaired) electrons. The molecule has 0 bridgehead atoms. The van der Waals surface area contributed by atoms with Crippen LogP contribution in [0.3, 0.4) is 0 Å². The highest BCUT2D eigenvalue weighted by Crippen LogP contribution is 2.30. The second-order valence-corrected chi connectivity index (χ2v) is 6.91. The Balaban J connectivity index is 2.37. The molecule has 0 amide bonds. The minimum Gasteiger partial charge on any atom is -0.384 e. The fourth-order valence-corrected chi connectivity index (χ4v) is 4.67. The number of pyridine rings is 1. The van der Waals surface area contributed by atoms with E-state index >= 15 is 0 Å². The van der Waals surface area contributed by atoms with Gasteiger partial charge in [-0.15, -0.1) is 0 Å². The Labute approximate surface area is 121 Å². The molecule has 1 fully saturated rings. The molecular weight excluding hydrogens is 274 g/mol. The van der Waals surface area contributed by atoms with Crippen molar-refractivity contribution in [3.05, 3.63) is 18.5 Å². The lowest BCUT2D eigenvalue weighted by atomic mass is 10.2. The molecule has 6 heteroatoms. The van der Waals surface area contributed by atoms with Gasteiger partial charge in [0.1, 0.15) is 4.90 Å². The third-order valence-electron chi connectivity index (χ3n) is 3.78. The maximum atomic E-state index is 12.9. The Morgan fingerprint density at radius 2 is 2.05 bits per heavy atom. The fourth-order valence-electron chi connectivity index (χ4n) is 2.87. The van der Waals surface area contributed by atoms with Crippen LogP contribution >= 0.6 is 0 Å². The number of nitrogens with zero attached hydrogens (tertiary/aromatic N) is 2. The van der Waals surface area contributed by atoms with Crippen molar-refractivity contribution >= 4 is 15.7 Å². The molecule has 1 aromatic rings. The monoisotopic (exact) mass is 297 g/mol. The number of hydrogen-bond donors (Lipinski definition) is 1. The van der Waals surface area contributed by atoms with Crippen LogP contribution in [0.1, 0.15) is 39.5 Å². The lowest BCUT2D eigenvalue weighted by Gasteiger charge is -2.27. The number of rotatable bonds is 6. The Morgan fingerprint density at radius 1 is 1.35 bits per heavy atom. The maximum absolute atomic E-state index is 12.9. The fraction of sp³-hybridized carbons (Fsp3) is 0.643. The number of anilines is 1. The minimum absolute atomic E-state index is 0.139. The largest absolute Gasteiger partial charge is 0.384 e. The molecule has 0 spiro atoms.